The Labute approximate surface area is 117 Å². The summed E-state index contributed by atoms with van der Waals surface area (Å²) in [5.41, 5.74) is 7.36. The van der Waals surface area contributed by atoms with Gasteiger partial charge in [0.15, 0.2) is 0 Å². The van der Waals surface area contributed by atoms with Crippen LogP contribution in [0.3, 0.4) is 0 Å². The van der Waals surface area contributed by atoms with E-state index < -0.39 is 0 Å². The van der Waals surface area contributed by atoms with E-state index in [-0.39, 0.29) is 6.04 Å². The van der Waals surface area contributed by atoms with Gasteiger partial charge in [0, 0.05) is 12.6 Å². The topological polar surface area (TPSA) is 38.5 Å². The van der Waals surface area contributed by atoms with Crippen molar-refractivity contribution in [1.29, 1.82) is 0 Å². The van der Waals surface area contributed by atoms with Crippen molar-refractivity contribution in [2.24, 2.45) is 11.7 Å². The zero-order chi connectivity index (χ0) is 14.3. The Morgan fingerprint density at radius 1 is 1.32 bits per heavy atom. The molecule has 0 aliphatic heterocycles. The zero-order valence-electron chi connectivity index (χ0n) is 12.7. The summed E-state index contributed by atoms with van der Waals surface area (Å²) in [5.74, 6) is 1.50. The summed E-state index contributed by atoms with van der Waals surface area (Å²) < 4.78 is 5.52. The maximum absolute atomic E-state index is 6.08. The Morgan fingerprint density at radius 2 is 2.05 bits per heavy atom. The molecule has 3 heteroatoms. The Balaban J connectivity index is 2.43. The minimum atomic E-state index is 0.289. The molecule has 0 saturated heterocycles. The van der Waals surface area contributed by atoms with Gasteiger partial charge in [0.1, 0.15) is 5.75 Å². The van der Waals surface area contributed by atoms with Crippen LogP contribution in [0.15, 0.2) is 24.3 Å². The molecule has 0 bridgehead atoms. The summed E-state index contributed by atoms with van der Waals surface area (Å²) in [6.07, 6.45) is 1.04. The number of hydrogen-bond donors (Lipinski definition) is 1. The second kappa shape index (κ2) is 8.18. The second-order valence-corrected chi connectivity index (χ2v) is 5.51. The van der Waals surface area contributed by atoms with Crippen LogP contribution in [0.4, 0.5) is 0 Å². The van der Waals surface area contributed by atoms with Crippen LogP contribution in [0.1, 0.15) is 32.8 Å². The lowest BCUT2D eigenvalue weighted by atomic mass is 10.0. The third-order valence-electron chi connectivity index (χ3n) is 3.36. The first-order chi connectivity index (χ1) is 9.02. The lowest BCUT2D eigenvalue weighted by molar-refractivity contribution is 0.295. The molecule has 0 amide bonds. The molecule has 1 unspecified atom stereocenters. The summed E-state index contributed by atoms with van der Waals surface area (Å²) in [5, 5.41) is 0. The number of ether oxygens (including phenoxy) is 1. The molecule has 3 nitrogen and oxygen atoms in total. The van der Waals surface area contributed by atoms with Crippen molar-refractivity contribution in [2.75, 3.05) is 20.2 Å². The van der Waals surface area contributed by atoms with Gasteiger partial charge in [-0.3, -0.25) is 0 Å². The smallest absolute Gasteiger partial charge is 0.119 e. The highest BCUT2D eigenvalue weighted by Crippen LogP contribution is 2.15. The number of nitrogens with two attached hydrogens (primary N) is 1. The highest BCUT2D eigenvalue weighted by atomic mass is 16.5. The third kappa shape index (κ3) is 6.08. The molecular weight excluding hydrogens is 236 g/mol. The zero-order valence-corrected chi connectivity index (χ0v) is 12.7. The maximum atomic E-state index is 6.08. The molecule has 1 rings (SSSR count). The number of nitrogens with zero attached hydrogens (tertiary/aromatic N) is 1. The fraction of sp³-hybridized carbons (Fsp3) is 0.625. The van der Waals surface area contributed by atoms with E-state index in [1.807, 2.05) is 19.1 Å². The summed E-state index contributed by atoms with van der Waals surface area (Å²) >= 11 is 0. The second-order valence-electron chi connectivity index (χ2n) is 5.51. The molecule has 1 atom stereocenters. The van der Waals surface area contributed by atoms with Crippen LogP contribution in [0.5, 0.6) is 5.75 Å². The van der Waals surface area contributed by atoms with Gasteiger partial charge in [-0.1, -0.05) is 26.0 Å². The number of hydrogen-bond acceptors (Lipinski definition) is 3. The van der Waals surface area contributed by atoms with Crippen molar-refractivity contribution in [2.45, 2.75) is 39.8 Å². The predicted octanol–water partition coefficient (Wildman–Crippen LogP) is 2.89. The van der Waals surface area contributed by atoms with Crippen molar-refractivity contribution in [1.82, 2.24) is 4.90 Å². The van der Waals surface area contributed by atoms with E-state index in [0.717, 1.165) is 25.3 Å². The molecule has 1 aromatic rings. The lowest BCUT2D eigenvalue weighted by Gasteiger charge is -2.21. The fourth-order valence-corrected chi connectivity index (χ4v) is 1.99. The molecule has 0 aromatic heterocycles. The molecule has 0 saturated carbocycles. The van der Waals surface area contributed by atoms with Crippen LogP contribution in [-0.2, 0) is 6.54 Å². The molecule has 108 valence electrons. The van der Waals surface area contributed by atoms with E-state index in [4.69, 9.17) is 10.5 Å². The minimum Gasteiger partial charge on any atom is -0.494 e. The monoisotopic (exact) mass is 264 g/mol. The number of benzene rings is 1. The van der Waals surface area contributed by atoms with Gasteiger partial charge in [-0.25, -0.2) is 0 Å². The average molecular weight is 264 g/mol. The first-order valence-electron chi connectivity index (χ1n) is 7.18. The Morgan fingerprint density at radius 3 is 2.68 bits per heavy atom. The maximum Gasteiger partial charge on any atom is 0.119 e. The third-order valence-corrected chi connectivity index (χ3v) is 3.36. The van der Waals surface area contributed by atoms with Crippen LogP contribution in [0, 0.1) is 5.92 Å². The molecule has 0 heterocycles. The Hall–Kier alpha value is -1.06. The van der Waals surface area contributed by atoms with E-state index in [1.54, 1.807) is 0 Å². The summed E-state index contributed by atoms with van der Waals surface area (Å²) in [4.78, 5) is 2.31. The first kappa shape index (κ1) is 16.0. The number of rotatable bonds is 8. The minimum absolute atomic E-state index is 0.289. The van der Waals surface area contributed by atoms with E-state index >= 15 is 0 Å². The largest absolute Gasteiger partial charge is 0.494 e. The van der Waals surface area contributed by atoms with Crippen LogP contribution < -0.4 is 10.5 Å². The van der Waals surface area contributed by atoms with E-state index in [1.165, 1.54) is 5.56 Å². The van der Waals surface area contributed by atoms with Gasteiger partial charge in [0.2, 0.25) is 0 Å². The molecule has 0 fully saturated rings. The standard InChI is InChI=1S/C16H28N2O/c1-5-19-15-8-6-7-14(11-15)12-18(4)10-9-16(17)13(2)3/h6-8,11,13,16H,5,9-10,12,17H2,1-4H3. The van der Waals surface area contributed by atoms with Gasteiger partial charge in [-0.15, -0.1) is 0 Å². The van der Waals surface area contributed by atoms with Crippen LogP contribution in [-0.4, -0.2) is 31.1 Å². The lowest BCUT2D eigenvalue weighted by Crippen LogP contribution is -2.31. The molecule has 0 aliphatic rings. The predicted molar refractivity (Wildman–Crippen MR) is 81.4 cm³/mol. The van der Waals surface area contributed by atoms with Gasteiger partial charge in [-0.05, 0) is 50.6 Å². The highest BCUT2D eigenvalue weighted by Gasteiger charge is 2.09. The van der Waals surface area contributed by atoms with E-state index in [2.05, 4.69) is 37.9 Å². The Kier molecular flexibility index (Phi) is 6.89. The summed E-state index contributed by atoms with van der Waals surface area (Å²) in [6.45, 7) is 9.03. The van der Waals surface area contributed by atoms with Crippen molar-refractivity contribution >= 4 is 0 Å². The molecule has 19 heavy (non-hydrogen) atoms. The summed E-state index contributed by atoms with van der Waals surface area (Å²) in [6, 6.07) is 8.59. The Bertz CT molecular complexity index is 366. The van der Waals surface area contributed by atoms with Crippen molar-refractivity contribution in [3.8, 4) is 5.75 Å². The molecule has 0 radical (unpaired) electrons. The first-order valence-corrected chi connectivity index (χ1v) is 7.18. The van der Waals surface area contributed by atoms with Gasteiger partial charge < -0.3 is 15.4 Å². The van der Waals surface area contributed by atoms with Gasteiger partial charge in [0.05, 0.1) is 6.61 Å². The van der Waals surface area contributed by atoms with E-state index in [0.29, 0.717) is 12.5 Å². The van der Waals surface area contributed by atoms with Crippen LogP contribution in [0.2, 0.25) is 0 Å². The average Bonchev–Trinajstić information content (AvgIpc) is 2.36. The highest BCUT2D eigenvalue weighted by molar-refractivity contribution is 5.28. The molecular formula is C16H28N2O. The van der Waals surface area contributed by atoms with Crippen molar-refractivity contribution < 1.29 is 4.74 Å². The SMILES string of the molecule is CCOc1cccc(CN(C)CCC(N)C(C)C)c1. The van der Waals surface area contributed by atoms with Gasteiger partial charge in [-0.2, -0.15) is 0 Å². The summed E-state index contributed by atoms with van der Waals surface area (Å²) in [7, 11) is 2.14. The quantitative estimate of drug-likeness (QED) is 0.784. The molecule has 0 aliphatic carbocycles. The van der Waals surface area contributed by atoms with Gasteiger partial charge in [0.25, 0.3) is 0 Å². The van der Waals surface area contributed by atoms with Crippen molar-refractivity contribution in [3.05, 3.63) is 29.8 Å². The molecule has 1 aromatic carbocycles. The normalized spacial score (nSPS) is 13.0. The molecule has 2 N–H and O–H groups in total. The van der Waals surface area contributed by atoms with Crippen LogP contribution >= 0.6 is 0 Å². The molecule has 0 spiro atoms. The van der Waals surface area contributed by atoms with E-state index in [9.17, 15) is 0 Å². The fourth-order valence-electron chi connectivity index (χ4n) is 1.99. The van der Waals surface area contributed by atoms with Crippen LogP contribution in [0.25, 0.3) is 0 Å². The van der Waals surface area contributed by atoms with Crippen molar-refractivity contribution in [3.63, 3.8) is 0 Å². The van der Waals surface area contributed by atoms with Gasteiger partial charge >= 0.3 is 0 Å².